The lowest BCUT2D eigenvalue weighted by Gasteiger charge is -2.29. The van der Waals surface area contributed by atoms with Crippen LogP contribution in [-0.2, 0) is 19.2 Å². The molecule has 0 saturated carbocycles. The van der Waals surface area contributed by atoms with E-state index in [1.54, 1.807) is 0 Å². The largest absolute Gasteiger partial charge is 0.370 e. The molecule has 0 aromatic carbocycles. The predicted molar refractivity (Wildman–Crippen MR) is 227 cm³/mol. The van der Waals surface area contributed by atoms with Gasteiger partial charge in [-0.3, -0.25) is 19.2 Å². The van der Waals surface area contributed by atoms with Crippen molar-refractivity contribution in [2.75, 3.05) is 13.1 Å². The monoisotopic (exact) mass is 761 g/mol. The first-order valence-corrected chi connectivity index (χ1v) is 23.6. The van der Waals surface area contributed by atoms with Crippen LogP contribution in [-0.4, -0.2) is 53.7 Å². The van der Waals surface area contributed by atoms with Crippen LogP contribution in [0, 0.1) is 0 Å². The number of carbonyl (C=O) groups is 4. The predicted octanol–water partition coefficient (Wildman–Crippen LogP) is 11.4. The Bertz CT molecular complexity index is 892. The van der Waals surface area contributed by atoms with Crippen molar-refractivity contribution >= 4 is 23.6 Å². The highest BCUT2D eigenvalue weighted by molar-refractivity contribution is 5.94. The Labute approximate surface area is 333 Å². The minimum Gasteiger partial charge on any atom is -0.370 e. The van der Waals surface area contributed by atoms with Gasteiger partial charge in [-0.05, 0) is 25.7 Å². The SMILES string of the molecule is CCCCCCCCCCCCCCCCCCN(CCCCCCCCCCCCCCCCCC)C(=O)C(CCC(N)=O)NC(=O)C1CCC(=O)N1. The normalized spacial score (nSPS) is 14.6. The number of hydrogen-bond donors (Lipinski definition) is 3. The molecule has 1 aliphatic heterocycles. The topological polar surface area (TPSA) is 122 Å². The Kier molecular flexibility index (Phi) is 33.7. The smallest absolute Gasteiger partial charge is 0.245 e. The molecule has 1 aliphatic rings. The second-order valence-electron chi connectivity index (χ2n) is 16.7. The van der Waals surface area contributed by atoms with E-state index in [-0.39, 0.29) is 30.6 Å². The first kappa shape index (κ1) is 49.9. The van der Waals surface area contributed by atoms with Crippen LogP contribution in [0.15, 0.2) is 0 Å². The van der Waals surface area contributed by atoms with E-state index < -0.39 is 18.0 Å². The van der Waals surface area contributed by atoms with E-state index in [9.17, 15) is 19.2 Å². The number of nitrogens with zero attached hydrogens (tertiary/aromatic N) is 1. The van der Waals surface area contributed by atoms with Gasteiger partial charge >= 0.3 is 0 Å². The lowest BCUT2D eigenvalue weighted by molar-refractivity contribution is -0.137. The zero-order valence-electron chi connectivity index (χ0n) is 35.7. The number of unbranched alkanes of at least 4 members (excludes halogenated alkanes) is 30. The van der Waals surface area contributed by atoms with Gasteiger partial charge in [0.25, 0.3) is 0 Å². The van der Waals surface area contributed by atoms with Gasteiger partial charge in [0.05, 0.1) is 0 Å². The van der Waals surface area contributed by atoms with E-state index in [0.717, 1.165) is 25.7 Å². The lowest BCUT2D eigenvalue weighted by atomic mass is 10.0. The fraction of sp³-hybridized carbons (Fsp3) is 0.913. The van der Waals surface area contributed by atoms with Gasteiger partial charge in [0.2, 0.25) is 23.6 Å². The quantitative estimate of drug-likeness (QED) is 0.0538. The second-order valence-corrected chi connectivity index (χ2v) is 16.7. The minimum absolute atomic E-state index is 0.0274. The Morgan fingerprint density at radius 2 is 0.926 bits per heavy atom. The second kappa shape index (κ2) is 36.5. The molecule has 1 rings (SSSR count). The Balaban J connectivity index is 2.41. The third-order valence-corrected chi connectivity index (χ3v) is 11.5. The highest BCUT2D eigenvalue weighted by Crippen LogP contribution is 2.17. The zero-order valence-corrected chi connectivity index (χ0v) is 35.7. The van der Waals surface area contributed by atoms with E-state index in [4.69, 9.17) is 5.73 Å². The molecular weight excluding hydrogens is 673 g/mol. The fourth-order valence-electron chi connectivity index (χ4n) is 7.88. The molecule has 0 radical (unpaired) electrons. The van der Waals surface area contributed by atoms with Gasteiger partial charge in [0, 0.05) is 25.9 Å². The summed E-state index contributed by atoms with van der Waals surface area (Å²) >= 11 is 0. The molecule has 2 atom stereocenters. The van der Waals surface area contributed by atoms with Crippen LogP contribution >= 0.6 is 0 Å². The van der Waals surface area contributed by atoms with Gasteiger partial charge in [-0.25, -0.2) is 0 Å². The molecule has 0 aromatic heterocycles. The number of primary amides is 1. The molecule has 8 nitrogen and oxygen atoms in total. The van der Waals surface area contributed by atoms with Crippen molar-refractivity contribution in [1.82, 2.24) is 15.5 Å². The van der Waals surface area contributed by atoms with Crippen molar-refractivity contribution in [1.29, 1.82) is 0 Å². The maximum atomic E-state index is 13.9. The summed E-state index contributed by atoms with van der Waals surface area (Å²) in [6, 6.07) is -1.44. The molecular formula is C46H88N4O4. The van der Waals surface area contributed by atoms with Crippen LogP contribution in [0.4, 0.5) is 0 Å². The van der Waals surface area contributed by atoms with Crippen molar-refractivity contribution in [2.45, 2.75) is 257 Å². The Morgan fingerprint density at radius 1 is 0.593 bits per heavy atom. The number of carbonyl (C=O) groups excluding carboxylic acids is 4. The molecule has 54 heavy (non-hydrogen) atoms. The first-order valence-electron chi connectivity index (χ1n) is 23.6. The van der Waals surface area contributed by atoms with E-state index in [1.807, 2.05) is 4.90 Å². The van der Waals surface area contributed by atoms with Gasteiger partial charge in [-0.15, -0.1) is 0 Å². The van der Waals surface area contributed by atoms with Gasteiger partial charge in [-0.1, -0.05) is 206 Å². The van der Waals surface area contributed by atoms with E-state index in [1.165, 1.54) is 180 Å². The average Bonchev–Trinajstić information content (AvgIpc) is 3.61. The van der Waals surface area contributed by atoms with Gasteiger partial charge in [0.1, 0.15) is 12.1 Å². The first-order chi connectivity index (χ1) is 26.4. The third kappa shape index (κ3) is 29.2. The summed E-state index contributed by atoms with van der Waals surface area (Å²) < 4.78 is 0. The Morgan fingerprint density at radius 3 is 1.22 bits per heavy atom. The maximum absolute atomic E-state index is 13.9. The van der Waals surface area contributed by atoms with Crippen LogP contribution in [0.25, 0.3) is 0 Å². The summed E-state index contributed by atoms with van der Waals surface area (Å²) in [6.07, 6.45) is 42.7. The van der Waals surface area contributed by atoms with Crippen molar-refractivity contribution in [3.05, 3.63) is 0 Å². The van der Waals surface area contributed by atoms with Crippen LogP contribution in [0.2, 0.25) is 0 Å². The molecule has 0 aromatic rings. The van der Waals surface area contributed by atoms with Crippen LogP contribution < -0.4 is 16.4 Å². The molecule has 0 spiro atoms. The van der Waals surface area contributed by atoms with Gasteiger partial charge < -0.3 is 21.3 Å². The van der Waals surface area contributed by atoms with Crippen molar-refractivity contribution in [3.63, 3.8) is 0 Å². The summed E-state index contributed by atoms with van der Waals surface area (Å²) in [7, 11) is 0. The number of rotatable bonds is 40. The number of amides is 4. The van der Waals surface area contributed by atoms with Gasteiger partial charge in [-0.2, -0.15) is 0 Å². The standard InChI is InChI=1S/C46H88N4O4/c1-3-5-7-9-11-13-15-17-19-21-23-25-27-29-31-33-39-50(40-34-32-30-28-26-24-22-20-18-16-14-12-10-8-6-4-2)46(54)42(35-37-43(47)51)49-45(53)41-36-38-44(52)48-41/h41-42H,3-40H2,1-2H3,(H2,47,51)(H,48,52)(H,49,53). The average molecular weight is 761 g/mol. The van der Waals surface area contributed by atoms with Crippen LogP contribution in [0.3, 0.4) is 0 Å². The van der Waals surface area contributed by atoms with Crippen molar-refractivity contribution < 1.29 is 19.2 Å². The van der Waals surface area contributed by atoms with E-state index in [0.29, 0.717) is 25.9 Å². The molecule has 316 valence electrons. The van der Waals surface area contributed by atoms with E-state index in [2.05, 4.69) is 24.5 Å². The van der Waals surface area contributed by atoms with Crippen molar-refractivity contribution in [3.8, 4) is 0 Å². The summed E-state index contributed by atoms with van der Waals surface area (Å²) in [5.41, 5.74) is 5.46. The molecule has 1 fully saturated rings. The zero-order chi connectivity index (χ0) is 39.3. The summed E-state index contributed by atoms with van der Waals surface area (Å²) in [5, 5.41) is 5.57. The molecule has 4 amide bonds. The molecule has 4 N–H and O–H groups in total. The third-order valence-electron chi connectivity index (χ3n) is 11.5. The number of hydrogen-bond acceptors (Lipinski definition) is 4. The number of nitrogens with one attached hydrogen (secondary N) is 2. The molecule has 0 bridgehead atoms. The lowest BCUT2D eigenvalue weighted by Crippen LogP contribution is -2.53. The summed E-state index contributed by atoms with van der Waals surface area (Å²) in [4.78, 5) is 52.3. The summed E-state index contributed by atoms with van der Waals surface area (Å²) in [5.74, 6) is -1.12. The molecule has 2 unspecified atom stereocenters. The molecule has 0 aliphatic carbocycles. The van der Waals surface area contributed by atoms with Gasteiger partial charge in [0.15, 0.2) is 0 Å². The maximum Gasteiger partial charge on any atom is 0.245 e. The molecule has 1 heterocycles. The molecule has 8 heteroatoms. The Hall–Kier alpha value is -2.12. The van der Waals surface area contributed by atoms with Crippen molar-refractivity contribution in [2.24, 2.45) is 5.73 Å². The van der Waals surface area contributed by atoms with Crippen LogP contribution in [0.1, 0.15) is 245 Å². The highest BCUT2D eigenvalue weighted by Gasteiger charge is 2.32. The number of nitrogens with two attached hydrogens (primary N) is 1. The van der Waals surface area contributed by atoms with E-state index >= 15 is 0 Å². The fourth-order valence-corrected chi connectivity index (χ4v) is 7.88. The molecule has 1 saturated heterocycles. The highest BCUT2D eigenvalue weighted by atomic mass is 16.2. The van der Waals surface area contributed by atoms with Crippen LogP contribution in [0.5, 0.6) is 0 Å². The summed E-state index contributed by atoms with van der Waals surface area (Å²) in [6.45, 7) is 5.88. The minimum atomic E-state index is -0.815.